The number of aryl methyl sites for hydroxylation is 1. The minimum Gasteiger partial charge on any atom is -0.491 e. The molecule has 2 aromatic heterocycles. The van der Waals surface area contributed by atoms with Crippen LogP contribution < -0.4 is 9.64 Å². The van der Waals surface area contributed by atoms with Crippen LogP contribution in [0.25, 0.3) is 5.65 Å². The van der Waals surface area contributed by atoms with Crippen LogP contribution in [0.4, 0.5) is 5.69 Å². The first-order valence-corrected chi connectivity index (χ1v) is 9.49. The standard InChI is InChI=1S/C20H26N6O/c1-15(2)27-19-6-4-17(5-7-19)14-24-8-10-25(11-9-24)18-12-20-23-22-16(3)26(20)21-13-18/h4-7,12-13,15H,8-11,14H2,1-3H3. The zero-order valence-corrected chi connectivity index (χ0v) is 16.2. The van der Waals surface area contributed by atoms with Crippen LogP contribution in [0.2, 0.25) is 0 Å². The Morgan fingerprint density at radius 2 is 1.78 bits per heavy atom. The quantitative estimate of drug-likeness (QED) is 0.692. The van der Waals surface area contributed by atoms with Gasteiger partial charge in [-0.05, 0) is 38.5 Å². The highest BCUT2D eigenvalue weighted by Gasteiger charge is 2.18. The van der Waals surface area contributed by atoms with E-state index in [1.807, 2.05) is 27.0 Å². The third-order valence-electron chi connectivity index (χ3n) is 4.84. The predicted molar refractivity (Wildman–Crippen MR) is 105 cm³/mol. The van der Waals surface area contributed by atoms with Gasteiger partial charge in [0.15, 0.2) is 11.5 Å². The van der Waals surface area contributed by atoms with Crippen LogP contribution in [0.1, 0.15) is 25.2 Å². The Morgan fingerprint density at radius 3 is 2.48 bits per heavy atom. The van der Waals surface area contributed by atoms with E-state index in [1.165, 1.54) is 5.56 Å². The topological polar surface area (TPSA) is 58.8 Å². The number of hydrogen-bond acceptors (Lipinski definition) is 6. The Hall–Kier alpha value is -2.67. The lowest BCUT2D eigenvalue weighted by molar-refractivity contribution is 0.241. The van der Waals surface area contributed by atoms with Crippen LogP contribution in [-0.4, -0.2) is 57.0 Å². The van der Waals surface area contributed by atoms with Crippen molar-refractivity contribution in [2.45, 2.75) is 33.4 Å². The largest absolute Gasteiger partial charge is 0.491 e. The van der Waals surface area contributed by atoms with Crippen molar-refractivity contribution in [3.63, 3.8) is 0 Å². The number of nitrogens with zero attached hydrogens (tertiary/aromatic N) is 6. The van der Waals surface area contributed by atoms with E-state index < -0.39 is 0 Å². The molecule has 1 fully saturated rings. The first-order chi connectivity index (χ1) is 13.1. The minimum atomic E-state index is 0.208. The molecule has 0 bridgehead atoms. The molecule has 0 amide bonds. The van der Waals surface area contributed by atoms with Crippen molar-refractivity contribution in [1.82, 2.24) is 24.7 Å². The van der Waals surface area contributed by atoms with Crippen LogP contribution in [0.15, 0.2) is 36.5 Å². The lowest BCUT2D eigenvalue weighted by Crippen LogP contribution is -2.46. The number of aromatic nitrogens is 4. The molecule has 1 saturated heterocycles. The fourth-order valence-corrected chi connectivity index (χ4v) is 3.43. The van der Waals surface area contributed by atoms with Crippen LogP contribution in [-0.2, 0) is 6.54 Å². The molecule has 0 N–H and O–H groups in total. The summed E-state index contributed by atoms with van der Waals surface area (Å²) >= 11 is 0. The Morgan fingerprint density at radius 1 is 1.04 bits per heavy atom. The average molecular weight is 366 g/mol. The van der Waals surface area contributed by atoms with Crippen LogP contribution in [0.5, 0.6) is 5.75 Å². The Labute approximate surface area is 159 Å². The molecule has 7 nitrogen and oxygen atoms in total. The zero-order chi connectivity index (χ0) is 18.8. The van der Waals surface area contributed by atoms with Crippen LogP contribution in [0.3, 0.4) is 0 Å². The van der Waals surface area contributed by atoms with Crippen LogP contribution >= 0.6 is 0 Å². The summed E-state index contributed by atoms with van der Waals surface area (Å²) in [5.41, 5.74) is 3.24. The molecule has 4 rings (SSSR count). The Bertz CT molecular complexity index is 896. The third-order valence-corrected chi connectivity index (χ3v) is 4.84. The normalized spacial score (nSPS) is 15.6. The van der Waals surface area contributed by atoms with Gasteiger partial charge in [-0.2, -0.15) is 9.61 Å². The van der Waals surface area contributed by atoms with Crippen molar-refractivity contribution < 1.29 is 4.74 Å². The molecule has 0 radical (unpaired) electrons. The molecular formula is C20H26N6O. The molecule has 0 spiro atoms. The number of anilines is 1. The molecule has 27 heavy (non-hydrogen) atoms. The van der Waals surface area contributed by atoms with Gasteiger partial charge in [-0.1, -0.05) is 12.1 Å². The fourth-order valence-electron chi connectivity index (χ4n) is 3.43. The van der Waals surface area contributed by atoms with Gasteiger partial charge in [0.2, 0.25) is 0 Å². The minimum absolute atomic E-state index is 0.208. The fraction of sp³-hybridized carbons (Fsp3) is 0.450. The molecule has 0 aliphatic carbocycles. The summed E-state index contributed by atoms with van der Waals surface area (Å²) in [6, 6.07) is 10.5. The zero-order valence-electron chi connectivity index (χ0n) is 16.2. The number of fused-ring (bicyclic) bond motifs is 1. The molecule has 1 aliphatic rings. The molecule has 7 heteroatoms. The number of rotatable bonds is 5. The summed E-state index contributed by atoms with van der Waals surface area (Å²) in [5, 5.41) is 12.7. The second-order valence-electron chi connectivity index (χ2n) is 7.30. The Balaban J connectivity index is 1.34. The summed E-state index contributed by atoms with van der Waals surface area (Å²) in [6.07, 6.45) is 2.12. The molecule has 3 aromatic rings. The van der Waals surface area contributed by atoms with E-state index in [2.05, 4.69) is 55.4 Å². The van der Waals surface area contributed by atoms with Gasteiger partial charge < -0.3 is 9.64 Å². The van der Waals surface area contributed by atoms with E-state index in [0.717, 1.165) is 55.6 Å². The maximum atomic E-state index is 5.72. The monoisotopic (exact) mass is 366 g/mol. The number of benzene rings is 1. The Kier molecular flexibility index (Phi) is 4.94. The van der Waals surface area contributed by atoms with E-state index in [1.54, 1.807) is 4.52 Å². The van der Waals surface area contributed by atoms with E-state index in [0.29, 0.717) is 0 Å². The van der Waals surface area contributed by atoms with Crippen molar-refractivity contribution in [3.8, 4) is 5.75 Å². The summed E-state index contributed by atoms with van der Waals surface area (Å²) in [6.45, 7) is 11.0. The van der Waals surface area contributed by atoms with E-state index in [-0.39, 0.29) is 6.10 Å². The maximum Gasteiger partial charge on any atom is 0.179 e. The van der Waals surface area contributed by atoms with E-state index in [4.69, 9.17) is 4.74 Å². The lowest BCUT2D eigenvalue weighted by Gasteiger charge is -2.35. The highest BCUT2D eigenvalue weighted by molar-refractivity contribution is 5.54. The molecule has 3 heterocycles. The third kappa shape index (κ3) is 4.03. The van der Waals surface area contributed by atoms with Gasteiger partial charge in [0, 0.05) is 38.8 Å². The first kappa shape index (κ1) is 17.7. The average Bonchev–Trinajstić information content (AvgIpc) is 3.04. The summed E-state index contributed by atoms with van der Waals surface area (Å²) in [7, 11) is 0. The van der Waals surface area contributed by atoms with Crippen molar-refractivity contribution in [2.75, 3.05) is 31.1 Å². The van der Waals surface area contributed by atoms with Gasteiger partial charge >= 0.3 is 0 Å². The lowest BCUT2D eigenvalue weighted by atomic mass is 10.2. The number of hydrogen-bond donors (Lipinski definition) is 0. The van der Waals surface area contributed by atoms with Crippen LogP contribution in [0, 0.1) is 6.92 Å². The second-order valence-corrected chi connectivity index (χ2v) is 7.30. The number of piperazine rings is 1. The van der Waals surface area contributed by atoms with Gasteiger partial charge in [0.05, 0.1) is 18.0 Å². The second kappa shape index (κ2) is 7.52. The van der Waals surface area contributed by atoms with Crippen molar-refractivity contribution in [3.05, 3.63) is 47.9 Å². The van der Waals surface area contributed by atoms with Gasteiger partial charge in [-0.3, -0.25) is 4.90 Å². The van der Waals surface area contributed by atoms with Crippen molar-refractivity contribution in [2.24, 2.45) is 0 Å². The molecular weight excluding hydrogens is 340 g/mol. The van der Waals surface area contributed by atoms with Crippen molar-refractivity contribution >= 4 is 11.3 Å². The highest BCUT2D eigenvalue weighted by atomic mass is 16.5. The SMILES string of the molecule is Cc1nnc2cc(N3CCN(Cc4ccc(OC(C)C)cc4)CC3)cnn12. The molecule has 0 atom stereocenters. The van der Waals surface area contributed by atoms with Gasteiger partial charge in [-0.15, -0.1) is 10.2 Å². The first-order valence-electron chi connectivity index (χ1n) is 9.49. The van der Waals surface area contributed by atoms with E-state index >= 15 is 0 Å². The smallest absolute Gasteiger partial charge is 0.179 e. The molecule has 1 aromatic carbocycles. The summed E-state index contributed by atoms with van der Waals surface area (Å²) < 4.78 is 7.49. The van der Waals surface area contributed by atoms with Gasteiger partial charge in [0.25, 0.3) is 0 Å². The van der Waals surface area contributed by atoms with E-state index in [9.17, 15) is 0 Å². The van der Waals surface area contributed by atoms with Crippen molar-refractivity contribution in [1.29, 1.82) is 0 Å². The maximum absolute atomic E-state index is 5.72. The summed E-state index contributed by atoms with van der Waals surface area (Å²) in [4.78, 5) is 4.86. The molecule has 1 aliphatic heterocycles. The predicted octanol–water partition coefficient (Wildman–Crippen LogP) is 2.54. The molecule has 142 valence electrons. The highest BCUT2D eigenvalue weighted by Crippen LogP contribution is 2.19. The number of ether oxygens (including phenoxy) is 1. The molecule has 0 unspecified atom stereocenters. The summed E-state index contributed by atoms with van der Waals surface area (Å²) in [5.74, 6) is 1.75. The molecule has 0 saturated carbocycles. The van der Waals surface area contributed by atoms with Gasteiger partial charge in [-0.25, -0.2) is 0 Å². The van der Waals surface area contributed by atoms with Gasteiger partial charge in [0.1, 0.15) is 5.75 Å².